The van der Waals surface area contributed by atoms with E-state index in [1.807, 2.05) is 0 Å². The number of hydrogen-bond donors (Lipinski definition) is 2. The van der Waals surface area contributed by atoms with Gasteiger partial charge in [-0.05, 0) is 24.3 Å². The van der Waals surface area contributed by atoms with Crippen LogP contribution in [0, 0.1) is 5.82 Å². The van der Waals surface area contributed by atoms with Gasteiger partial charge in [-0.3, -0.25) is 9.69 Å². The summed E-state index contributed by atoms with van der Waals surface area (Å²) in [6.45, 7) is 1.01. The minimum absolute atomic E-state index is 0.212. The molecule has 6 nitrogen and oxygen atoms in total. The summed E-state index contributed by atoms with van der Waals surface area (Å²) in [6.07, 6.45) is 0. The van der Waals surface area contributed by atoms with E-state index >= 15 is 0 Å². The summed E-state index contributed by atoms with van der Waals surface area (Å²) in [5.74, 6) is -0.637. The lowest BCUT2D eigenvalue weighted by atomic mass is 10.2. The van der Waals surface area contributed by atoms with E-state index in [0.29, 0.717) is 18.8 Å². The van der Waals surface area contributed by atoms with Crippen LogP contribution in [-0.2, 0) is 9.53 Å². The number of anilines is 1. The highest BCUT2D eigenvalue weighted by Crippen LogP contribution is 2.18. The highest BCUT2D eigenvalue weighted by atomic mass is 19.1. The average Bonchev–Trinajstić information content (AvgIpc) is 2.82. The van der Waals surface area contributed by atoms with Crippen molar-refractivity contribution in [2.75, 3.05) is 31.7 Å². The van der Waals surface area contributed by atoms with Gasteiger partial charge in [0.1, 0.15) is 11.9 Å². The Hall–Kier alpha value is -2.15. The van der Waals surface area contributed by atoms with E-state index in [1.54, 1.807) is 7.11 Å². The molecule has 1 atom stereocenters. The molecule has 1 aliphatic rings. The van der Waals surface area contributed by atoms with Gasteiger partial charge in [0.05, 0.1) is 13.2 Å². The maximum absolute atomic E-state index is 12.9. The molecule has 1 aliphatic heterocycles. The lowest BCUT2D eigenvalue weighted by Crippen LogP contribution is -2.43. The monoisotopic (exact) mass is 281 g/mol. The minimum Gasteiger partial charge on any atom is -0.383 e. The molecule has 1 heterocycles. The zero-order valence-corrected chi connectivity index (χ0v) is 11.1. The third kappa shape index (κ3) is 3.24. The summed E-state index contributed by atoms with van der Waals surface area (Å²) >= 11 is 0. The van der Waals surface area contributed by atoms with Crippen molar-refractivity contribution in [1.82, 2.24) is 10.6 Å². The number of amides is 3. The number of nitrogens with one attached hydrogen (secondary N) is 2. The smallest absolute Gasteiger partial charge is 0.322 e. The van der Waals surface area contributed by atoms with Crippen LogP contribution in [0.4, 0.5) is 14.9 Å². The number of carbonyl (C=O) groups is 2. The Morgan fingerprint density at radius 1 is 1.50 bits per heavy atom. The fourth-order valence-corrected chi connectivity index (χ4v) is 1.93. The number of benzene rings is 1. The second-order valence-corrected chi connectivity index (χ2v) is 4.37. The van der Waals surface area contributed by atoms with Crippen LogP contribution < -0.4 is 15.5 Å². The lowest BCUT2D eigenvalue weighted by molar-refractivity contribution is -0.122. The minimum atomic E-state index is -0.621. The number of hydrogen-bond acceptors (Lipinski definition) is 3. The Labute approximate surface area is 115 Å². The molecule has 1 saturated heterocycles. The summed E-state index contributed by atoms with van der Waals surface area (Å²) < 4.78 is 17.7. The zero-order chi connectivity index (χ0) is 14.5. The number of nitrogens with zero attached hydrogens (tertiary/aromatic N) is 1. The van der Waals surface area contributed by atoms with Crippen LogP contribution in [0.15, 0.2) is 24.3 Å². The molecule has 108 valence electrons. The Bertz CT molecular complexity index is 492. The Morgan fingerprint density at radius 3 is 2.85 bits per heavy atom. The summed E-state index contributed by atoms with van der Waals surface area (Å²) in [7, 11) is 1.54. The first-order valence-corrected chi connectivity index (χ1v) is 6.22. The van der Waals surface area contributed by atoms with E-state index < -0.39 is 6.04 Å². The van der Waals surface area contributed by atoms with E-state index in [-0.39, 0.29) is 24.3 Å². The molecule has 2 N–H and O–H groups in total. The number of rotatable bonds is 5. The fraction of sp³-hybridized carbons (Fsp3) is 0.385. The Morgan fingerprint density at radius 2 is 2.20 bits per heavy atom. The number of halogens is 1. The van der Waals surface area contributed by atoms with Crippen LogP contribution >= 0.6 is 0 Å². The molecular formula is C13H16FN3O3. The van der Waals surface area contributed by atoms with E-state index in [0.717, 1.165) is 0 Å². The highest BCUT2D eigenvalue weighted by molar-refractivity contribution is 6.00. The number of ether oxygens (including phenoxy) is 1. The van der Waals surface area contributed by atoms with Gasteiger partial charge < -0.3 is 15.4 Å². The van der Waals surface area contributed by atoms with Crippen molar-refractivity contribution in [2.45, 2.75) is 6.04 Å². The molecule has 2 rings (SSSR count). The summed E-state index contributed by atoms with van der Waals surface area (Å²) in [5.41, 5.74) is 0.552. The van der Waals surface area contributed by atoms with E-state index in [2.05, 4.69) is 10.6 Å². The summed E-state index contributed by atoms with van der Waals surface area (Å²) in [5, 5.41) is 5.25. The fourth-order valence-electron chi connectivity index (χ4n) is 1.93. The molecule has 1 fully saturated rings. The molecular weight excluding hydrogens is 265 g/mol. The molecule has 0 aromatic heterocycles. The Kier molecular flexibility index (Phi) is 4.52. The SMILES string of the molecule is COCCNC(=O)C1CN(c2ccc(F)cc2)C(=O)N1. The van der Waals surface area contributed by atoms with Gasteiger partial charge in [-0.25, -0.2) is 9.18 Å². The van der Waals surface area contributed by atoms with Crippen molar-refractivity contribution in [3.8, 4) is 0 Å². The molecule has 1 unspecified atom stereocenters. The van der Waals surface area contributed by atoms with Gasteiger partial charge in [0.2, 0.25) is 5.91 Å². The highest BCUT2D eigenvalue weighted by Gasteiger charge is 2.34. The topological polar surface area (TPSA) is 70.7 Å². The summed E-state index contributed by atoms with van der Waals surface area (Å²) in [6, 6.07) is 4.55. The molecule has 3 amide bonds. The van der Waals surface area contributed by atoms with Gasteiger partial charge in [0, 0.05) is 19.3 Å². The standard InChI is InChI=1S/C13H16FN3O3/c1-20-7-6-15-12(18)11-8-17(13(19)16-11)10-4-2-9(14)3-5-10/h2-5,11H,6-8H2,1H3,(H,15,18)(H,16,19). The van der Waals surface area contributed by atoms with Crippen molar-refractivity contribution >= 4 is 17.6 Å². The van der Waals surface area contributed by atoms with E-state index in [9.17, 15) is 14.0 Å². The molecule has 0 aliphatic carbocycles. The van der Waals surface area contributed by atoms with Crippen molar-refractivity contribution in [3.63, 3.8) is 0 Å². The maximum Gasteiger partial charge on any atom is 0.322 e. The first-order chi connectivity index (χ1) is 9.61. The molecule has 0 radical (unpaired) electrons. The van der Waals surface area contributed by atoms with Crippen LogP contribution in [0.2, 0.25) is 0 Å². The van der Waals surface area contributed by atoms with Gasteiger partial charge in [0.25, 0.3) is 0 Å². The number of carbonyl (C=O) groups excluding carboxylic acids is 2. The van der Waals surface area contributed by atoms with Crippen molar-refractivity contribution in [1.29, 1.82) is 0 Å². The lowest BCUT2D eigenvalue weighted by Gasteiger charge is -2.14. The van der Waals surface area contributed by atoms with Crippen LogP contribution in [0.5, 0.6) is 0 Å². The van der Waals surface area contributed by atoms with Crippen molar-refractivity contribution < 1.29 is 18.7 Å². The van der Waals surface area contributed by atoms with Crippen LogP contribution in [-0.4, -0.2) is 44.8 Å². The molecule has 1 aromatic rings. The largest absolute Gasteiger partial charge is 0.383 e. The second-order valence-electron chi connectivity index (χ2n) is 4.37. The predicted molar refractivity (Wildman–Crippen MR) is 71.0 cm³/mol. The van der Waals surface area contributed by atoms with Gasteiger partial charge in [0.15, 0.2) is 0 Å². The van der Waals surface area contributed by atoms with Gasteiger partial charge in [-0.15, -0.1) is 0 Å². The molecule has 0 spiro atoms. The van der Waals surface area contributed by atoms with Crippen LogP contribution in [0.1, 0.15) is 0 Å². The maximum atomic E-state index is 12.9. The molecule has 20 heavy (non-hydrogen) atoms. The second kappa shape index (κ2) is 6.33. The first-order valence-electron chi connectivity index (χ1n) is 6.22. The van der Waals surface area contributed by atoms with Crippen LogP contribution in [0.3, 0.4) is 0 Å². The quantitative estimate of drug-likeness (QED) is 0.772. The van der Waals surface area contributed by atoms with Crippen molar-refractivity contribution in [2.24, 2.45) is 0 Å². The van der Waals surface area contributed by atoms with E-state index in [1.165, 1.54) is 29.2 Å². The van der Waals surface area contributed by atoms with Gasteiger partial charge in [-0.1, -0.05) is 0 Å². The normalized spacial score (nSPS) is 18.0. The molecule has 0 saturated carbocycles. The average molecular weight is 281 g/mol. The Balaban J connectivity index is 1.96. The van der Waals surface area contributed by atoms with Gasteiger partial charge >= 0.3 is 6.03 Å². The summed E-state index contributed by atoms with van der Waals surface area (Å²) in [4.78, 5) is 25.1. The number of urea groups is 1. The molecule has 1 aromatic carbocycles. The van der Waals surface area contributed by atoms with E-state index in [4.69, 9.17) is 4.74 Å². The first kappa shape index (κ1) is 14.3. The number of methoxy groups -OCH3 is 1. The van der Waals surface area contributed by atoms with Crippen molar-refractivity contribution in [3.05, 3.63) is 30.1 Å². The molecule has 0 bridgehead atoms. The molecule has 7 heteroatoms. The third-order valence-electron chi connectivity index (χ3n) is 2.97. The zero-order valence-electron chi connectivity index (χ0n) is 11.1. The third-order valence-corrected chi connectivity index (χ3v) is 2.97. The predicted octanol–water partition coefficient (Wildman–Crippen LogP) is 0.486. The van der Waals surface area contributed by atoms with Gasteiger partial charge in [-0.2, -0.15) is 0 Å². The van der Waals surface area contributed by atoms with Crippen LogP contribution in [0.25, 0.3) is 0 Å².